The molecule has 2 saturated heterocycles. The number of hydrogen-bond acceptors (Lipinski definition) is 6. The Hall–Kier alpha value is -1.83. The average Bonchev–Trinajstić information content (AvgIpc) is 2.72. The molecule has 0 unspecified atom stereocenters. The molecule has 1 amide bonds. The Morgan fingerprint density at radius 3 is 2.57 bits per heavy atom. The van der Waals surface area contributed by atoms with Crippen molar-refractivity contribution in [3.63, 3.8) is 0 Å². The van der Waals surface area contributed by atoms with E-state index in [4.69, 9.17) is 9.47 Å². The number of nitrogens with zero attached hydrogens (tertiary/aromatic N) is 2. The van der Waals surface area contributed by atoms with E-state index in [1.165, 1.54) is 0 Å². The van der Waals surface area contributed by atoms with Crippen LogP contribution in [0.2, 0.25) is 0 Å². The van der Waals surface area contributed by atoms with E-state index in [1.54, 1.807) is 19.1 Å². The van der Waals surface area contributed by atoms with Crippen molar-refractivity contribution in [3.8, 4) is 11.5 Å². The van der Waals surface area contributed by atoms with E-state index in [9.17, 15) is 15.0 Å². The summed E-state index contributed by atoms with van der Waals surface area (Å²) in [5.41, 5.74) is -0.487. The minimum absolute atomic E-state index is 0.215. The second-order valence-electron chi connectivity index (χ2n) is 7.92. The van der Waals surface area contributed by atoms with Crippen LogP contribution < -0.4 is 9.47 Å². The van der Waals surface area contributed by atoms with Crippen molar-refractivity contribution in [2.75, 3.05) is 47.0 Å². The van der Waals surface area contributed by atoms with Gasteiger partial charge in [0.1, 0.15) is 0 Å². The number of benzene rings is 1. The zero-order valence-electron chi connectivity index (χ0n) is 16.9. The fourth-order valence-electron chi connectivity index (χ4n) is 4.34. The van der Waals surface area contributed by atoms with Gasteiger partial charge in [-0.2, -0.15) is 0 Å². The van der Waals surface area contributed by atoms with Gasteiger partial charge in [-0.25, -0.2) is 0 Å². The standard InChI is InChI=1S/C21H32N2O5/c1-27-18-6-3-5-17(19(18)28-2)13-23-10-4-9-21(26,20(23)25)15-22-11-7-16(14-24)8-12-22/h3,5-6,16,24,26H,4,7-15H2,1-2H3/t21-/m1/s1. The van der Waals surface area contributed by atoms with Crippen LogP contribution in [-0.2, 0) is 11.3 Å². The van der Waals surface area contributed by atoms with Crippen LogP contribution >= 0.6 is 0 Å². The van der Waals surface area contributed by atoms with Gasteiger partial charge in [-0.15, -0.1) is 0 Å². The van der Waals surface area contributed by atoms with Crippen LogP contribution in [0.15, 0.2) is 18.2 Å². The van der Waals surface area contributed by atoms with Crippen molar-refractivity contribution < 1.29 is 24.5 Å². The Balaban J connectivity index is 1.69. The third-order valence-electron chi connectivity index (χ3n) is 6.00. The molecule has 1 atom stereocenters. The molecule has 0 saturated carbocycles. The predicted molar refractivity (Wildman–Crippen MR) is 105 cm³/mol. The molecule has 7 heteroatoms. The number of carbonyl (C=O) groups excluding carboxylic acids is 1. The molecular weight excluding hydrogens is 360 g/mol. The summed E-state index contributed by atoms with van der Waals surface area (Å²) in [6.45, 7) is 3.19. The maximum absolute atomic E-state index is 13.1. The number of para-hydroxylation sites is 1. The van der Waals surface area contributed by atoms with Gasteiger partial charge in [-0.3, -0.25) is 9.69 Å². The summed E-state index contributed by atoms with van der Waals surface area (Å²) in [6.07, 6.45) is 3.07. The highest BCUT2D eigenvalue weighted by Gasteiger charge is 2.43. The van der Waals surface area contributed by atoms with Crippen LogP contribution in [0.3, 0.4) is 0 Å². The molecule has 2 fully saturated rings. The van der Waals surface area contributed by atoms with Crippen LogP contribution in [-0.4, -0.2) is 78.5 Å². The van der Waals surface area contributed by atoms with Gasteiger partial charge in [0.25, 0.3) is 5.91 Å². The first-order valence-electron chi connectivity index (χ1n) is 10.1. The maximum Gasteiger partial charge on any atom is 0.256 e. The van der Waals surface area contributed by atoms with Gasteiger partial charge in [0.15, 0.2) is 17.1 Å². The fourth-order valence-corrected chi connectivity index (χ4v) is 4.34. The van der Waals surface area contributed by atoms with Crippen LogP contribution in [0.4, 0.5) is 0 Å². The summed E-state index contributed by atoms with van der Waals surface area (Å²) in [5.74, 6) is 1.38. The Morgan fingerprint density at radius 1 is 1.18 bits per heavy atom. The molecule has 0 bridgehead atoms. The normalized spacial score (nSPS) is 24.4. The molecule has 2 N–H and O–H groups in total. The SMILES string of the molecule is COc1cccc(CN2CCC[C@@](O)(CN3CCC(CO)CC3)C2=O)c1OC. The van der Waals surface area contributed by atoms with E-state index in [1.807, 2.05) is 18.2 Å². The van der Waals surface area contributed by atoms with Crippen LogP contribution in [0.1, 0.15) is 31.2 Å². The molecule has 0 aliphatic carbocycles. The van der Waals surface area contributed by atoms with Gasteiger partial charge in [0.05, 0.1) is 14.2 Å². The number of methoxy groups -OCH3 is 2. The minimum atomic E-state index is -1.35. The van der Waals surface area contributed by atoms with Crippen molar-refractivity contribution in [1.29, 1.82) is 0 Å². The molecule has 2 aliphatic heterocycles. The van der Waals surface area contributed by atoms with Crippen LogP contribution in [0.25, 0.3) is 0 Å². The van der Waals surface area contributed by atoms with Gasteiger partial charge in [0.2, 0.25) is 0 Å². The van der Waals surface area contributed by atoms with Gasteiger partial charge >= 0.3 is 0 Å². The van der Waals surface area contributed by atoms with E-state index in [-0.39, 0.29) is 12.5 Å². The van der Waals surface area contributed by atoms with E-state index in [2.05, 4.69) is 4.90 Å². The highest BCUT2D eigenvalue weighted by atomic mass is 16.5. The van der Waals surface area contributed by atoms with Crippen LogP contribution in [0.5, 0.6) is 11.5 Å². The maximum atomic E-state index is 13.1. The van der Waals surface area contributed by atoms with Crippen molar-refractivity contribution in [1.82, 2.24) is 9.80 Å². The minimum Gasteiger partial charge on any atom is -0.493 e. The molecule has 1 aromatic carbocycles. The smallest absolute Gasteiger partial charge is 0.256 e. The third kappa shape index (κ3) is 4.42. The number of piperidine rings is 2. The van der Waals surface area contributed by atoms with Gasteiger partial charge in [-0.05, 0) is 50.8 Å². The lowest BCUT2D eigenvalue weighted by atomic mass is 9.89. The molecule has 2 aliphatic rings. The second-order valence-corrected chi connectivity index (χ2v) is 7.92. The first-order chi connectivity index (χ1) is 13.5. The van der Waals surface area contributed by atoms with Gasteiger partial charge in [-0.1, -0.05) is 12.1 Å². The Labute approximate surface area is 166 Å². The summed E-state index contributed by atoms with van der Waals surface area (Å²) in [7, 11) is 3.18. The zero-order chi connectivity index (χ0) is 20.1. The number of hydrogen-bond donors (Lipinski definition) is 2. The number of likely N-dealkylation sites (tertiary alicyclic amines) is 2. The van der Waals surface area contributed by atoms with Crippen molar-refractivity contribution in [2.24, 2.45) is 5.92 Å². The largest absolute Gasteiger partial charge is 0.493 e. The monoisotopic (exact) mass is 392 g/mol. The van der Waals surface area contributed by atoms with Crippen molar-refractivity contribution in [2.45, 2.75) is 37.8 Å². The first-order valence-corrected chi connectivity index (χ1v) is 10.1. The summed E-state index contributed by atoms with van der Waals surface area (Å²) < 4.78 is 10.8. The molecule has 1 aromatic rings. The molecule has 3 rings (SSSR count). The van der Waals surface area contributed by atoms with Gasteiger partial charge in [0, 0.05) is 31.8 Å². The number of β-amino-alcohol motifs (C(OH)–C–C–N with tert-alkyl or cyclic N) is 1. The number of rotatable bonds is 7. The van der Waals surface area contributed by atoms with E-state index < -0.39 is 5.60 Å². The Morgan fingerprint density at radius 2 is 1.93 bits per heavy atom. The summed E-state index contributed by atoms with van der Waals surface area (Å²) in [5, 5.41) is 20.5. The third-order valence-corrected chi connectivity index (χ3v) is 6.00. The topological polar surface area (TPSA) is 82.5 Å². The summed E-state index contributed by atoms with van der Waals surface area (Å²) >= 11 is 0. The van der Waals surface area contributed by atoms with Crippen molar-refractivity contribution in [3.05, 3.63) is 23.8 Å². The first kappa shape index (κ1) is 20.9. The lowest BCUT2D eigenvalue weighted by Gasteiger charge is -2.42. The average molecular weight is 392 g/mol. The van der Waals surface area contributed by atoms with E-state index in [0.717, 1.165) is 37.9 Å². The van der Waals surface area contributed by atoms with Crippen LogP contribution in [0, 0.1) is 5.92 Å². The molecule has 0 aromatic heterocycles. The fraction of sp³-hybridized carbons (Fsp3) is 0.667. The lowest BCUT2D eigenvalue weighted by Crippen LogP contribution is -2.59. The highest BCUT2D eigenvalue weighted by molar-refractivity contribution is 5.86. The summed E-state index contributed by atoms with van der Waals surface area (Å²) in [6, 6.07) is 5.62. The Bertz CT molecular complexity index is 675. The quantitative estimate of drug-likeness (QED) is 0.727. The second kappa shape index (κ2) is 9.11. The zero-order valence-corrected chi connectivity index (χ0v) is 16.9. The molecule has 0 spiro atoms. The molecule has 0 radical (unpaired) electrons. The van der Waals surface area contributed by atoms with E-state index in [0.29, 0.717) is 43.5 Å². The molecule has 156 valence electrons. The summed E-state index contributed by atoms with van der Waals surface area (Å²) in [4.78, 5) is 17.0. The predicted octanol–water partition coefficient (Wildman–Crippen LogP) is 1.26. The lowest BCUT2D eigenvalue weighted by molar-refractivity contribution is -0.160. The molecular formula is C21H32N2O5. The number of ether oxygens (including phenoxy) is 2. The van der Waals surface area contributed by atoms with Gasteiger partial charge < -0.3 is 24.6 Å². The number of aliphatic hydroxyl groups is 2. The molecule has 2 heterocycles. The molecule has 28 heavy (non-hydrogen) atoms. The number of carbonyl (C=O) groups is 1. The number of amides is 1. The van der Waals surface area contributed by atoms with E-state index >= 15 is 0 Å². The number of aliphatic hydroxyl groups excluding tert-OH is 1. The molecule has 7 nitrogen and oxygen atoms in total. The van der Waals surface area contributed by atoms with Crippen molar-refractivity contribution >= 4 is 5.91 Å². The highest BCUT2D eigenvalue weighted by Crippen LogP contribution is 2.33. The Kier molecular flexibility index (Phi) is 6.80.